The van der Waals surface area contributed by atoms with Gasteiger partial charge in [0.2, 0.25) is 0 Å². The first-order valence-corrected chi connectivity index (χ1v) is 18.9. The second-order valence-corrected chi connectivity index (χ2v) is 14.5. The van der Waals surface area contributed by atoms with Crippen LogP contribution < -0.4 is 4.74 Å². The van der Waals surface area contributed by atoms with Crippen LogP contribution in [-0.4, -0.2) is 19.1 Å². The van der Waals surface area contributed by atoms with Crippen molar-refractivity contribution in [3.63, 3.8) is 0 Å². The van der Waals surface area contributed by atoms with Crippen LogP contribution in [0.25, 0.3) is 88.5 Å². The van der Waals surface area contributed by atoms with E-state index < -0.39 is 0 Å². The topological polar surface area (TPSA) is 44.9 Å². The number of hydrogen-bond donors (Lipinski definition) is 0. The second-order valence-electron chi connectivity index (χ2n) is 14.5. The maximum Gasteiger partial charge on any atom is 0.160 e. The van der Waals surface area contributed by atoms with Gasteiger partial charge in [-0.1, -0.05) is 133 Å². The number of nitrogens with zero attached hydrogens (tertiary/aromatic N) is 4. The van der Waals surface area contributed by atoms with Crippen molar-refractivity contribution in [1.82, 2.24) is 19.1 Å². The van der Waals surface area contributed by atoms with Gasteiger partial charge in [0.05, 0.1) is 39.2 Å². The summed E-state index contributed by atoms with van der Waals surface area (Å²) >= 11 is 0. The van der Waals surface area contributed by atoms with Crippen LogP contribution in [0.2, 0.25) is 0 Å². The molecule has 1 atom stereocenters. The number of hydrogen-bond acceptors (Lipinski definition) is 3. The molecule has 10 aromatic rings. The lowest BCUT2D eigenvalue weighted by Gasteiger charge is -2.20. The molecule has 5 heteroatoms. The van der Waals surface area contributed by atoms with Gasteiger partial charge >= 0.3 is 0 Å². The van der Waals surface area contributed by atoms with Crippen LogP contribution in [0.4, 0.5) is 0 Å². The van der Waals surface area contributed by atoms with E-state index in [1.165, 1.54) is 43.6 Å². The summed E-state index contributed by atoms with van der Waals surface area (Å²) in [5.74, 6) is 2.59. The Labute approximate surface area is 316 Å². The van der Waals surface area contributed by atoms with Crippen molar-refractivity contribution in [2.75, 3.05) is 0 Å². The van der Waals surface area contributed by atoms with Gasteiger partial charge in [0, 0.05) is 61.1 Å². The minimum atomic E-state index is 0.0501. The maximum atomic E-state index is 6.80. The van der Waals surface area contributed by atoms with Crippen LogP contribution in [0, 0.1) is 0 Å². The number of fused-ring (bicyclic) bond motifs is 11. The van der Waals surface area contributed by atoms with E-state index in [2.05, 4.69) is 173 Å². The Hall–Kier alpha value is -7.24. The molecule has 0 saturated carbocycles. The van der Waals surface area contributed by atoms with Crippen molar-refractivity contribution in [3.05, 3.63) is 187 Å². The predicted octanol–water partition coefficient (Wildman–Crippen LogP) is 12.5. The molecule has 4 heterocycles. The molecule has 258 valence electrons. The minimum absolute atomic E-state index is 0.0501. The summed E-state index contributed by atoms with van der Waals surface area (Å²) in [6.07, 6.45) is 5.44. The molecule has 1 aliphatic heterocycles. The monoisotopic (exact) mass is 704 g/mol. The summed E-state index contributed by atoms with van der Waals surface area (Å²) in [6, 6.07) is 57.8. The van der Waals surface area contributed by atoms with Gasteiger partial charge in [-0.05, 0) is 42.8 Å². The third-order valence-electron chi connectivity index (χ3n) is 11.5. The van der Waals surface area contributed by atoms with Crippen molar-refractivity contribution in [2.24, 2.45) is 0 Å². The number of rotatable bonds is 4. The molecule has 0 amide bonds. The van der Waals surface area contributed by atoms with E-state index >= 15 is 0 Å². The summed E-state index contributed by atoms with van der Waals surface area (Å²) in [5, 5.41) is 5.97. The zero-order chi connectivity index (χ0) is 36.0. The predicted molar refractivity (Wildman–Crippen MR) is 225 cm³/mol. The fraction of sp³-hybridized carbons (Fsp3) is 0.0400. The van der Waals surface area contributed by atoms with Crippen LogP contribution in [0.3, 0.4) is 0 Å². The first-order valence-electron chi connectivity index (χ1n) is 18.9. The summed E-state index contributed by atoms with van der Waals surface area (Å²) in [5.41, 5.74) is 12.1. The molecule has 1 unspecified atom stereocenters. The molecular formula is C50H32N4O. The van der Waals surface area contributed by atoms with Gasteiger partial charge in [-0.2, -0.15) is 0 Å². The zero-order valence-corrected chi connectivity index (χ0v) is 29.7. The van der Waals surface area contributed by atoms with Crippen molar-refractivity contribution >= 4 is 60.2 Å². The minimum Gasteiger partial charge on any atom is -0.461 e. The third kappa shape index (κ3) is 4.41. The van der Waals surface area contributed by atoms with E-state index in [9.17, 15) is 0 Å². The van der Waals surface area contributed by atoms with Gasteiger partial charge in [0.1, 0.15) is 11.5 Å². The highest BCUT2D eigenvalue weighted by atomic mass is 16.5. The van der Waals surface area contributed by atoms with E-state index in [1.54, 1.807) is 0 Å². The molecule has 5 nitrogen and oxygen atoms in total. The SMILES string of the molecule is C1=C2Oc3cccc(-c4nc(-c5ccccc5)c5ccccc5n4)c3C2CC=C1n1c2ccccc2c2ccc3c4ccccc4n(-c4ccccc4)c3c21. The Balaban J connectivity index is 1.05. The fourth-order valence-electron chi connectivity index (χ4n) is 9.12. The summed E-state index contributed by atoms with van der Waals surface area (Å²) in [7, 11) is 0. The molecular weight excluding hydrogens is 673 g/mol. The molecule has 0 fully saturated rings. The first kappa shape index (κ1) is 30.2. The van der Waals surface area contributed by atoms with Gasteiger partial charge < -0.3 is 13.9 Å². The molecule has 7 aromatic carbocycles. The van der Waals surface area contributed by atoms with Crippen molar-refractivity contribution in [1.29, 1.82) is 0 Å². The van der Waals surface area contributed by atoms with Crippen molar-refractivity contribution in [3.8, 4) is 34.1 Å². The summed E-state index contributed by atoms with van der Waals surface area (Å²) in [4.78, 5) is 10.4. The number of ether oxygens (including phenoxy) is 1. The Kier molecular flexibility index (Phi) is 6.39. The smallest absolute Gasteiger partial charge is 0.160 e. The number of aromatic nitrogens is 4. The molecule has 3 aromatic heterocycles. The quantitative estimate of drug-likeness (QED) is 0.183. The summed E-state index contributed by atoms with van der Waals surface area (Å²) in [6.45, 7) is 0. The van der Waals surface area contributed by atoms with Crippen LogP contribution in [0.5, 0.6) is 5.75 Å². The lowest BCUT2D eigenvalue weighted by molar-refractivity contribution is 0.425. The number of para-hydroxylation sites is 4. The molecule has 0 saturated heterocycles. The molecule has 2 aliphatic rings. The van der Waals surface area contributed by atoms with E-state index in [1.807, 2.05) is 12.1 Å². The average molecular weight is 705 g/mol. The van der Waals surface area contributed by atoms with Gasteiger partial charge in [0.15, 0.2) is 5.82 Å². The van der Waals surface area contributed by atoms with E-state index in [-0.39, 0.29) is 5.92 Å². The molecule has 0 bridgehead atoms. The highest BCUT2D eigenvalue weighted by Gasteiger charge is 2.35. The molecule has 0 N–H and O–H groups in total. The normalized spacial score (nSPS) is 15.0. The van der Waals surface area contributed by atoms with Crippen LogP contribution in [0.1, 0.15) is 17.9 Å². The van der Waals surface area contributed by atoms with Gasteiger partial charge in [-0.3, -0.25) is 0 Å². The van der Waals surface area contributed by atoms with Crippen molar-refractivity contribution < 1.29 is 4.74 Å². The molecule has 0 spiro atoms. The van der Waals surface area contributed by atoms with Crippen molar-refractivity contribution in [2.45, 2.75) is 12.3 Å². The fourth-order valence-corrected chi connectivity index (χ4v) is 9.12. The Morgan fingerprint density at radius 1 is 0.527 bits per heavy atom. The van der Waals surface area contributed by atoms with Gasteiger partial charge in [-0.15, -0.1) is 0 Å². The Morgan fingerprint density at radius 3 is 1.93 bits per heavy atom. The van der Waals surface area contributed by atoms with E-state index in [4.69, 9.17) is 14.7 Å². The molecule has 1 aliphatic carbocycles. The van der Waals surface area contributed by atoms with Crippen LogP contribution in [-0.2, 0) is 0 Å². The van der Waals surface area contributed by atoms with Gasteiger partial charge in [-0.25, -0.2) is 9.97 Å². The van der Waals surface area contributed by atoms with Gasteiger partial charge in [0.25, 0.3) is 0 Å². The Bertz CT molecular complexity index is 3260. The molecule has 0 radical (unpaired) electrons. The maximum absolute atomic E-state index is 6.80. The average Bonchev–Trinajstić information content (AvgIpc) is 3.91. The largest absolute Gasteiger partial charge is 0.461 e. The highest BCUT2D eigenvalue weighted by Crippen LogP contribution is 2.51. The number of benzene rings is 7. The van der Waals surface area contributed by atoms with Crippen LogP contribution in [0.15, 0.2) is 182 Å². The standard InChI is InChI=1S/C50H32N4O/c1-3-14-31(15-4-1)47-38-20-7-10-22-41(38)51-50(52-47)40-21-13-25-44-46(40)39-27-26-33(30-45(39)55-44)54-43-24-12-9-19-35(43)37-29-28-36-34-18-8-11-23-42(34)53(48(36)49(37)54)32-16-5-2-6-17-32/h1-26,28-30,39H,27H2. The highest BCUT2D eigenvalue weighted by molar-refractivity contribution is 6.24. The second kappa shape index (κ2) is 11.6. The van der Waals surface area contributed by atoms with E-state index in [0.29, 0.717) is 5.82 Å². The summed E-state index contributed by atoms with van der Waals surface area (Å²) < 4.78 is 11.7. The number of allylic oxidation sites excluding steroid dienone is 4. The molecule has 12 rings (SSSR count). The Morgan fingerprint density at radius 2 is 1.16 bits per heavy atom. The lowest BCUT2D eigenvalue weighted by atomic mass is 9.88. The zero-order valence-electron chi connectivity index (χ0n) is 29.7. The third-order valence-corrected chi connectivity index (χ3v) is 11.5. The molecule has 55 heavy (non-hydrogen) atoms. The first-order chi connectivity index (χ1) is 27.3. The lowest BCUT2D eigenvalue weighted by Crippen LogP contribution is -2.08. The van der Waals surface area contributed by atoms with Crippen LogP contribution >= 0.6 is 0 Å². The van der Waals surface area contributed by atoms with E-state index in [0.717, 1.165) is 62.6 Å².